The van der Waals surface area contributed by atoms with Crippen LogP contribution in [0.15, 0.2) is 48.5 Å². The Kier molecular flexibility index (Phi) is 4.03. The molecule has 2 aromatic carbocycles. The van der Waals surface area contributed by atoms with E-state index in [1.807, 2.05) is 36.4 Å². The predicted molar refractivity (Wildman–Crippen MR) is 80.5 cm³/mol. The number of aliphatic hydroxyl groups excluding tert-OH is 1. The van der Waals surface area contributed by atoms with Crippen LogP contribution in [-0.2, 0) is 6.54 Å². The first-order valence-electron chi connectivity index (χ1n) is 6.57. The minimum Gasteiger partial charge on any atom is -0.489 e. The van der Waals surface area contributed by atoms with Gasteiger partial charge in [-0.25, -0.2) is 4.68 Å². The van der Waals surface area contributed by atoms with E-state index in [1.165, 1.54) is 0 Å². The van der Waals surface area contributed by atoms with E-state index < -0.39 is 6.10 Å². The smallest absolute Gasteiger partial charge is 0.138 e. The molecular weight excluding hydrogens is 290 g/mol. The van der Waals surface area contributed by atoms with Crippen LogP contribution in [0.5, 0.6) is 5.75 Å². The Morgan fingerprint density at radius 2 is 1.90 bits per heavy atom. The number of halogens is 1. The minimum absolute atomic E-state index is 0.137. The molecule has 0 aliphatic carbocycles. The third-order valence-electron chi connectivity index (χ3n) is 3.07. The summed E-state index contributed by atoms with van der Waals surface area (Å²) >= 11 is 5.99. The molecule has 0 aliphatic heterocycles. The van der Waals surface area contributed by atoms with Crippen molar-refractivity contribution in [2.75, 3.05) is 6.61 Å². The predicted octanol–water partition coefficient (Wildman–Crippen LogP) is 2.52. The number of hydrogen-bond donors (Lipinski definition) is 1. The van der Waals surface area contributed by atoms with E-state index in [0.717, 1.165) is 11.0 Å². The highest BCUT2D eigenvalue weighted by atomic mass is 35.5. The number of fused-ring (bicyclic) bond motifs is 1. The van der Waals surface area contributed by atoms with E-state index in [4.69, 9.17) is 16.3 Å². The van der Waals surface area contributed by atoms with Crippen LogP contribution in [0.2, 0.25) is 5.02 Å². The lowest BCUT2D eigenvalue weighted by Crippen LogP contribution is -2.24. The van der Waals surface area contributed by atoms with Crippen molar-refractivity contribution in [2.24, 2.45) is 0 Å². The fourth-order valence-electron chi connectivity index (χ4n) is 2.05. The molecule has 0 bridgehead atoms. The molecule has 5 nitrogen and oxygen atoms in total. The van der Waals surface area contributed by atoms with Gasteiger partial charge in [-0.05, 0) is 24.3 Å². The summed E-state index contributed by atoms with van der Waals surface area (Å²) in [4.78, 5) is 0. The number of nitrogens with zero attached hydrogens (tertiary/aromatic N) is 3. The van der Waals surface area contributed by atoms with Crippen molar-refractivity contribution in [3.05, 3.63) is 53.6 Å². The molecule has 0 spiro atoms. The summed E-state index contributed by atoms with van der Waals surface area (Å²) in [6.07, 6.45) is -0.702. The molecule has 0 unspecified atom stereocenters. The number of aromatic nitrogens is 3. The Labute approximate surface area is 126 Å². The third-order valence-corrected chi connectivity index (χ3v) is 3.38. The lowest BCUT2D eigenvalue weighted by atomic mass is 10.3. The summed E-state index contributed by atoms with van der Waals surface area (Å²) in [6.45, 7) is 0.447. The van der Waals surface area contributed by atoms with Crippen LogP contribution in [0.25, 0.3) is 11.0 Å². The van der Waals surface area contributed by atoms with E-state index in [1.54, 1.807) is 16.8 Å². The van der Waals surface area contributed by atoms with Gasteiger partial charge in [0.1, 0.15) is 24.0 Å². The van der Waals surface area contributed by atoms with Crippen LogP contribution in [0, 0.1) is 0 Å². The largest absolute Gasteiger partial charge is 0.489 e. The number of para-hydroxylation sites is 2. The average molecular weight is 304 g/mol. The molecule has 3 rings (SSSR count). The number of benzene rings is 2. The number of ether oxygens (including phenoxy) is 1. The van der Waals surface area contributed by atoms with Crippen LogP contribution in [0.3, 0.4) is 0 Å². The topological polar surface area (TPSA) is 60.2 Å². The summed E-state index contributed by atoms with van der Waals surface area (Å²) in [5.41, 5.74) is 1.69. The molecule has 1 N–H and O–H groups in total. The van der Waals surface area contributed by atoms with E-state index >= 15 is 0 Å². The first-order valence-corrected chi connectivity index (χ1v) is 6.95. The molecule has 1 aromatic heterocycles. The fourth-order valence-corrected chi connectivity index (χ4v) is 2.24. The number of aliphatic hydroxyl groups is 1. The van der Waals surface area contributed by atoms with Gasteiger partial charge < -0.3 is 9.84 Å². The molecular formula is C15H14ClN3O2. The molecule has 6 heteroatoms. The zero-order chi connectivity index (χ0) is 14.7. The van der Waals surface area contributed by atoms with Crippen molar-refractivity contribution in [3.63, 3.8) is 0 Å². The Bertz CT molecular complexity index is 744. The molecule has 0 amide bonds. The highest BCUT2D eigenvalue weighted by Gasteiger charge is 2.11. The maximum Gasteiger partial charge on any atom is 0.138 e. The number of rotatable bonds is 5. The van der Waals surface area contributed by atoms with E-state index in [0.29, 0.717) is 17.3 Å². The van der Waals surface area contributed by atoms with Gasteiger partial charge in [0, 0.05) is 0 Å². The zero-order valence-corrected chi connectivity index (χ0v) is 11.9. The zero-order valence-electron chi connectivity index (χ0n) is 11.2. The van der Waals surface area contributed by atoms with Crippen LogP contribution in [0.1, 0.15) is 0 Å². The first-order chi connectivity index (χ1) is 10.2. The van der Waals surface area contributed by atoms with Crippen molar-refractivity contribution in [1.82, 2.24) is 15.0 Å². The molecule has 1 heterocycles. The average Bonchev–Trinajstić information content (AvgIpc) is 2.90. The highest BCUT2D eigenvalue weighted by Crippen LogP contribution is 2.23. The molecule has 0 fully saturated rings. The lowest BCUT2D eigenvalue weighted by molar-refractivity contribution is 0.0900. The van der Waals surface area contributed by atoms with Gasteiger partial charge in [0.25, 0.3) is 0 Å². The van der Waals surface area contributed by atoms with Crippen molar-refractivity contribution >= 4 is 22.6 Å². The summed E-state index contributed by atoms with van der Waals surface area (Å²) in [7, 11) is 0. The SMILES string of the molecule is O[C@H](COc1ccccc1Cl)Cn1nnc2ccccc21. The number of hydrogen-bond acceptors (Lipinski definition) is 4. The Morgan fingerprint density at radius 1 is 1.14 bits per heavy atom. The van der Waals surface area contributed by atoms with Gasteiger partial charge in [-0.1, -0.05) is 41.1 Å². The van der Waals surface area contributed by atoms with Crippen LogP contribution in [0.4, 0.5) is 0 Å². The third kappa shape index (κ3) is 3.15. The van der Waals surface area contributed by atoms with Gasteiger partial charge in [0.05, 0.1) is 17.1 Å². The van der Waals surface area contributed by atoms with Crippen molar-refractivity contribution in [1.29, 1.82) is 0 Å². The molecule has 21 heavy (non-hydrogen) atoms. The van der Waals surface area contributed by atoms with Gasteiger partial charge in [0.15, 0.2) is 0 Å². The monoisotopic (exact) mass is 303 g/mol. The van der Waals surface area contributed by atoms with Gasteiger partial charge in [-0.15, -0.1) is 5.10 Å². The van der Waals surface area contributed by atoms with E-state index in [9.17, 15) is 5.11 Å². The molecule has 0 radical (unpaired) electrons. The summed E-state index contributed by atoms with van der Waals surface area (Å²) in [5.74, 6) is 0.557. The lowest BCUT2D eigenvalue weighted by Gasteiger charge is -2.13. The second-order valence-electron chi connectivity index (χ2n) is 4.66. The van der Waals surface area contributed by atoms with Gasteiger partial charge in [-0.2, -0.15) is 0 Å². The van der Waals surface area contributed by atoms with Crippen molar-refractivity contribution in [2.45, 2.75) is 12.6 Å². The van der Waals surface area contributed by atoms with Crippen molar-refractivity contribution in [3.8, 4) is 5.75 Å². The Morgan fingerprint density at radius 3 is 2.76 bits per heavy atom. The molecule has 1 atom stereocenters. The van der Waals surface area contributed by atoms with E-state index in [-0.39, 0.29) is 6.61 Å². The quantitative estimate of drug-likeness (QED) is 0.787. The molecule has 108 valence electrons. The van der Waals surface area contributed by atoms with E-state index in [2.05, 4.69) is 10.3 Å². The van der Waals surface area contributed by atoms with Crippen LogP contribution >= 0.6 is 11.6 Å². The van der Waals surface area contributed by atoms with Crippen LogP contribution in [-0.4, -0.2) is 32.8 Å². The minimum atomic E-state index is -0.702. The molecule has 0 saturated carbocycles. The second-order valence-corrected chi connectivity index (χ2v) is 5.06. The molecule has 0 saturated heterocycles. The van der Waals surface area contributed by atoms with Gasteiger partial charge in [-0.3, -0.25) is 0 Å². The van der Waals surface area contributed by atoms with Crippen molar-refractivity contribution < 1.29 is 9.84 Å². The standard InChI is InChI=1S/C15H14ClN3O2/c16-12-5-1-4-8-15(12)21-10-11(20)9-19-14-7-3-2-6-13(14)17-18-19/h1-8,11,20H,9-10H2/t11-/m0/s1. The summed E-state index contributed by atoms with van der Waals surface area (Å²) < 4.78 is 7.18. The maximum atomic E-state index is 10.1. The fraction of sp³-hybridized carbons (Fsp3) is 0.200. The summed E-state index contributed by atoms with van der Waals surface area (Å²) in [6, 6.07) is 14.8. The highest BCUT2D eigenvalue weighted by molar-refractivity contribution is 6.32. The first kappa shape index (κ1) is 13.9. The normalized spacial score (nSPS) is 12.5. The van der Waals surface area contributed by atoms with Gasteiger partial charge >= 0.3 is 0 Å². The molecule has 0 aliphatic rings. The Hall–Kier alpha value is -2.11. The van der Waals surface area contributed by atoms with Gasteiger partial charge in [0.2, 0.25) is 0 Å². The van der Waals surface area contributed by atoms with Crippen LogP contribution < -0.4 is 4.74 Å². The summed E-state index contributed by atoms with van der Waals surface area (Å²) in [5, 5.41) is 18.7. The maximum absolute atomic E-state index is 10.1. The Balaban J connectivity index is 1.64. The second kappa shape index (κ2) is 6.11. The molecule has 3 aromatic rings.